The number of phenolic OH excluding ortho intramolecular Hbond substituents is 2. The van der Waals surface area contributed by atoms with Crippen molar-refractivity contribution in [3.63, 3.8) is 0 Å². The summed E-state index contributed by atoms with van der Waals surface area (Å²) >= 11 is 0. The smallest absolute Gasteiger partial charge is 0.507 e. The van der Waals surface area contributed by atoms with E-state index in [-0.39, 0.29) is 34.1 Å². The Morgan fingerprint density at radius 3 is 0.808 bits per heavy atom. The summed E-state index contributed by atoms with van der Waals surface area (Å²) in [7, 11) is 0. The van der Waals surface area contributed by atoms with E-state index in [0.29, 0.717) is 37.7 Å². The van der Waals surface area contributed by atoms with Crippen molar-refractivity contribution in [3.8, 4) is 11.5 Å². The fraction of sp³-hybridized carbons (Fsp3) is 0.684. The number of nitrogens with one attached hydrogen (secondary N) is 6. The van der Waals surface area contributed by atoms with Crippen LogP contribution in [0.3, 0.4) is 0 Å². The molecule has 2 saturated heterocycles. The molecule has 0 saturated carbocycles. The third kappa shape index (κ3) is 15.4. The van der Waals surface area contributed by atoms with Crippen LogP contribution in [0.4, 0.5) is 0 Å². The standard InChI is InChI=1S/C38H66N10O2.2Cu/c1-31-23-33-27-41-7-15-45-11-3-39-5-13-47(21-19-45)17-9-43-29-35-25-32(2)26-36(38(35)50)30-44-10-18-48-14-6-40-4-12-46(20-22-48)16-8-42-28-34(24-31)37(33)49;;/h23-26,39-44,49-50H,3-22,27-30H2,1-2H3;;/q;2*+1. The van der Waals surface area contributed by atoms with Crippen LogP contribution in [-0.4, -0.2) is 161 Å². The summed E-state index contributed by atoms with van der Waals surface area (Å²) < 4.78 is 0. The zero-order valence-corrected chi connectivity index (χ0v) is 33.4. The van der Waals surface area contributed by atoms with Gasteiger partial charge in [-0.05, 0) is 13.8 Å². The quantitative estimate of drug-likeness (QED) is 0.173. The van der Waals surface area contributed by atoms with Crippen LogP contribution in [-0.2, 0) is 60.3 Å². The molecule has 2 fully saturated rings. The SMILES string of the molecule is Cc1cc2c(O)c(c1)CNCCN1CCNCCN(CCNCc3cc(C)cc(c3O)CNCCN3CCNCCN(CCNC2)CC3)CC1.[Cu+].[Cu+]. The first kappa shape index (κ1) is 45.1. The average Bonchev–Trinajstić information content (AvgIpc) is 3.29. The summed E-state index contributed by atoms with van der Waals surface area (Å²) in [4.78, 5) is 10.2. The largest absolute Gasteiger partial charge is 1.00 e. The summed E-state index contributed by atoms with van der Waals surface area (Å²) in [5.41, 5.74) is 6.26. The molecule has 0 radical (unpaired) electrons. The van der Waals surface area contributed by atoms with Crippen molar-refractivity contribution in [2.24, 2.45) is 0 Å². The Kier molecular flexibility index (Phi) is 21.6. The van der Waals surface area contributed by atoms with Gasteiger partial charge in [-0.2, -0.15) is 0 Å². The zero-order valence-electron chi connectivity index (χ0n) is 31.6. The topological polar surface area (TPSA) is 126 Å². The molecule has 3 aliphatic heterocycles. The average molecular weight is 822 g/mol. The van der Waals surface area contributed by atoms with E-state index in [4.69, 9.17) is 0 Å². The van der Waals surface area contributed by atoms with E-state index >= 15 is 0 Å². The normalized spacial score (nSPS) is 25.7. The molecule has 0 spiro atoms. The predicted octanol–water partition coefficient (Wildman–Crippen LogP) is 0.196. The molecular formula is C38H66Cu2N10O2+2. The minimum absolute atomic E-state index is 0. The molecular weight excluding hydrogens is 756 g/mol. The van der Waals surface area contributed by atoms with Gasteiger partial charge in [-0.1, -0.05) is 35.4 Å². The van der Waals surface area contributed by atoms with Gasteiger partial charge in [0.2, 0.25) is 0 Å². The van der Waals surface area contributed by atoms with Gasteiger partial charge in [0.15, 0.2) is 0 Å². The molecule has 0 aliphatic carbocycles. The van der Waals surface area contributed by atoms with E-state index in [1.54, 1.807) is 0 Å². The van der Waals surface area contributed by atoms with Gasteiger partial charge >= 0.3 is 34.1 Å². The first-order chi connectivity index (χ1) is 24.4. The van der Waals surface area contributed by atoms with Crippen LogP contribution < -0.4 is 31.9 Å². The van der Waals surface area contributed by atoms with Crippen molar-refractivity contribution in [1.82, 2.24) is 51.5 Å². The van der Waals surface area contributed by atoms with Gasteiger partial charge in [0.1, 0.15) is 11.5 Å². The second-order valence-corrected chi connectivity index (χ2v) is 14.4. The summed E-state index contributed by atoms with van der Waals surface area (Å²) in [6.07, 6.45) is 0. The van der Waals surface area contributed by atoms with Crippen LogP contribution in [0.25, 0.3) is 0 Å². The number of aromatic hydroxyl groups is 2. The molecule has 52 heavy (non-hydrogen) atoms. The van der Waals surface area contributed by atoms with Crippen LogP contribution >= 0.6 is 0 Å². The van der Waals surface area contributed by atoms with Gasteiger partial charge in [0.05, 0.1) is 0 Å². The van der Waals surface area contributed by atoms with Gasteiger partial charge in [0.25, 0.3) is 0 Å². The Bertz CT molecular complexity index is 1120. The van der Waals surface area contributed by atoms with E-state index in [1.165, 1.54) is 11.1 Å². The molecule has 300 valence electrons. The maximum Gasteiger partial charge on any atom is 1.00 e. The number of aryl methyl sites for hydroxylation is 2. The first-order valence-corrected chi connectivity index (χ1v) is 19.2. The number of nitrogens with zero attached hydrogens (tertiary/aromatic N) is 4. The molecule has 14 heteroatoms. The molecule has 12 nitrogen and oxygen atoms in total. The molecule has 3 aliphatic rings. The molecule has 8 bridgehead atoms. The van der Waals surface area contributed by atoms with Gasteiger partial charge in [0, 0.05) is 179 Å². The summed E-state index contributed by atoms with van der Waals surface area (Å²) in [5, 5.41) is 44.0. The van der Waals surface area contributed by atoms with Crippen LogP contribution in [0.2, 0.25) is 0 Å². The van der Waals surface area contributed by atoms with Crippen molar-refractivity contribution in [2.75, 3.05) is 131 Å². The molecule has 8 N–H and O–H groups in total. The fourth-order valence-corrected chi connectivity index (χ4v) is 7.35. The Morgan fingerprint density at radius 1 is 0.365 bits per heavy atom. The van der Waals surface area contributed by atoms with E-state index < -0.39 is 0 Å². The second kappa shape index (κ2) is 25.0. The molecule has 4 unspecified atom stereocenters. The van der Waals surface area contributed by atoms with E-state index in [2.05, 4.69) is 89.6 Å². The monoisotopic (exact) mass is 820 g/mol. The minimum Gasteiger partial charge on any atom is -0.507 e. The summed E-state index contributed by atoms with van der Waals surface area (Å²) in [5.74, 6) is 0.834. The summed E-state index contributed by atoms with van der Waals surface area (Å²) in [6, 6.07) is 8.45. The third-order valence-electron chi connectivity index (χ3n) is 10.4. The first-order valence-electron chi connectivity index (χ1n) is 19.2. The number of hydrogen-bond donors (Lipinski definition) is 8. The van der Waals surface area contributed by atoms with Crippen molar-refractivity contribution in [2.45, 2.75) is 40.0 Å². The number of fused-ring (bicyclic) bond motifs is 10. The van der Waals surface area contributed by atoms with E-state index in [0.717, 1.165) is 153 Å². The van der Waals surface area contributed by atoms with Gasteiger partial charge < -0.3 is 42.1 Å². The van der Waals surface area contributed by atoms with Crippen LogP contribution in [0, 0.1) is 13.8 Å². The van der Waals surface area contributed by atoms with Crippen molar-refractivity contribution >= 4 is 0 Å². The Morgan fingerprint density at radius 2 is 0.577 bits per heavy atom. The van der Waals surface area contributed by atoms with E-state index in [1.807, 2.05) is 0 Å². The maximum atomic E-state index is 11.2. The maximum absolute atomic E-state index is 11.2. The van der Waals surface area contributed by atoms with Crippen LogP contribution in [0.15, 0.2) is 24.3 Å². The Labute approximate surface area is 334 Å². The van der Waals surface area contributed by atoms with Crippen molar-refractivity contribution < 1.29 is 44.4 Å². The van der Waals surface area contributed by atoms with Crippen LogP contribution in [0.5, 0.6) is 11.5 Å². The number of benzene rings is 2. The fourth-order valence-electron chi connectivity index (χ4n) is 7.35. The van der Waals surface area contributed by atoms with E-state index in [9.17, 15) is 10.2 Å². The second-order valence-electron chi connectivity index (χ2n) is 14.4. The predicted molar refractivity (Wildman–Crippen MR) is 204 cm³/mol. The number of hydrogen-bond acceptors (Lipinski definition) is 12. The van der Waals surface area contributed by atoms with Gasteiger partial charge in [-0.3, -0.25) is 19.6 Å². The number of rotatable bonds is 0. The Hall–Kier alpha value is -1.32. The molecule has 2 aromatic rings. The molecule has 2 aromatic carbocycles. The van der Waals surface area contributed by atoms with Crippen molar-refractivity contribution in [1.29, 1.82) is 0 Å². The molecule has 3 heterocycles. The van der Waals surface area contributed by atoms with Gasteiger partial charge in [-0.15, -0.1) is 0 Å². The van der Waals surface area contributed by atoms with Crippen molar-refractivity contribution in [3.05, 3.63) is 57.6 Å². The molecule has 0 amide bonds. The number of phenols is 2. The van der Waals surface area contributed by atoms with Crippen LogP contribution in [0.1, 0.15) is 33.4 Å². The third-order valence-corrected chi connectivity index (χ3v) is 10.4. The molecule has 0 aromatic heterocycles. The molecule has 4 atom stereocenters. The van der Waals surface area contributed by atoms with Gasteiger partial charge in [-0.25, -0.2) is 0 Å². The minimum atomic E-state index is 0. The molecule has 5 rings (SSSR count). The summed E-state index contributed by atoms with van der Waals surface area (Å²) in [6.45, 7) is 26.6. The Balaban J connectivity index is 0.00000364. The zero-order chi connectivity index (χ0) is 35.0.